The molecule has 2 rings (SSSR count). The highest BCUT2D eigenvalue weighted by Gasteiger charge is 2.00. The van der Waals surface area contributed by atoms with Crippen LogP contribution < -0.4 is 9.47 Å². The molecule has 2 nitrogen and oxygen atoms in total. The summed E-state index contributed by atoms with van der Waals surface area (Å²) in [5.41, 5.74) is 1.13. The van der Waals surface area contributed by atoms with Gasteiger partial charge >= 0.3 is 0 Å². The Morgan fingerprint density at radius 3 is 2.11 bits per heavy atom. The fourth-order valence-electron chi connectivity index (χ4n) is 1.58. The summed E-state index contributed by atoms with van der Waals surface area (Å²) in [4.78, 5) is 0. The predicted molar refractivity (Wildman–Crippen MR) is 76.1 cm³/mol. The van der Waals surface area contributed by atoms with Crippen LogP contribution in [0.3, 0.4) is 0 Å². The standard InChI is InChI=1S/C15H15BrO2/c1-2-17-13-7-9-14(10-8-13)18-11-12-5-3-4-6-15(12)16/h3-10H,2,11H2,1H3. The smallest absolute Gasteiger partial charge is 0.120 e. The minimum absolute atomic E-state index is 0.551. The van der Waals surface area contributed by atoms with Gasteiger partial charge in [0, 0.05) is 10.0 Å². The highest BCUT2D eigenvalue weighted by molar-refractivity contribution is 9.10. The lowest BCUT2D eigenvalue weighted by Gasteiger charge is -2.08. The van der Waals surface area contributed by atoms with Crippen molar-refractivity contribution in [1.29, 1.82) is 0 Å². The van der Waals surface area contributed by atoms with Gasteiger partial charge in [-0.05, 0) is 37.3 Å². The van der Waals surface area contributed by atoms with E-state index in [1.165, 1.54) is 0 Å². The third-order valence-electron chi connectivity index (χ3n) is 2.49. The molecule has 0 amide bonds. The molecule has 0 heterocycles. The van der Waals surface area contributed by atoms with Gasteiger partial charge in [0.1, 0.15) is 18.1 Å². The van der Waals surface area contributed by atoms with Crippen LogP contribution in [0.4, 0.5) is 0 Å². The molecule has 18 heavy (non-hydrogen) atoms. The van der Waals surface area contributed by atoms with Crippen LogP contribution in [0.1, 0.15) is 12.5 Å². The van der Waals surface area contributed by atoms with Gasteiger partial charge < -0.3 is 9.47 Å². The molecule has 0 N–H and O–H groups in total. The van der Waals surface area contributed by atoms with Gasteiger partial charge in [0.05, 0.1) is 6.61 Å². The molecule has 0 aliphatic rings. The van der Waals surface area contributed by atoms with Crippen LogP contribution >= 0.6 is 15.9 Å². The molecule has 0 fully saturated rings. The normalized spacial score (nSPS) is 10.1. The fraction of sp³-hybridized carbons (Fsp3) is 0.200. The van der Waals surface area contributed by atoms with Gasteiger partial charge in [0.2, 0.25) is 0 Å². The molecule has 94 valence electrons. The SMILES string of the molecule is CCOc1ccc(OCc2ccccc2Br)cc1. The molecular weight excluding hydrogens is 292 g/mol. The fourth-order valence-corrected chi connectivity index (χ4v) is 1.97. The summed E-state index contributed by atoms with van der Waals surface area (Å²) in [7, 11) is 0. The number of hydrogen-bond donors (Lipinski definition) is 0. The molecule has 0 aromatic heterocycles. The maximum absolute atomic E-state index is 5.72. The number of rotatable bonds is 5. The molecule has 0 aliphatic carbocycles. The molecular formula is C15H15BrO2. The Morgan fingerprint density at radius 2 is 1.50 bits per heavy atom. The summed E-state index contributed by atoms with van der Waals surface area (Å²) < 4.78 is 12.2. The Bertz CT molecular complexity index is 494. The molecule has 2 aromatic rings. The summed E-state index contributed by atoms with van der Waals surface area (Å²) in [5.74, 6) is 1.71. The zero-order valence-electron chi connectivity index (χ0n) is 10.2. The van der Waals surface area contributed by atoms with E-state index in [0.717, 1.165) is 21.5 Å². The Hall–Kier alpha value is -1.48. The van der Waals surface area contributed by atoms with E-state index in [-0.39, 0.29) is 0 Å². The predicted octanol–water partition coefficient (Wildman–Crippen LogP) is 4.43. The molecule has 0 spiro atoms. The Kier molecular flexibility index (Phi) is 4.65. The second-order valence-electron chi connectivity index (χ2n) is 3.78. The van der Waals surface area contributed by atoms with Crippen molar-refractivity contribution >= 4 is 15.9 Å². The number of benzene rings is 2. The molecule has 3 heteroatoms. The highest BCUT2D eigenvalue weighted by Crippen LogP contribution is 2.21. The van der Waals surface area contributed by atoms with Crippen LogP contribution in [0.2, 0.25) is 0 Å². The van der Waals surface area contributed by atoms with Gasteiger partial charge in [-0.2, -0.15) is 0 Å². The second-order valence-corrected chi connectivity index (χ2v) is 4.64. The molecule has 0 saturated heterocycles. The first-order chi connectivity index (χ1) is 8.79. The first-order valence-corrected chi connectivity index (χ1v) is 6.68. The number of ether oxygens (including phenoxy) is 2. The van der Waals surface area contributed by atoms with Crippen LogP contribution in [0.15, 0.2) is 53.0 Å². The monoisotopic (exact) mass is 306 g/mol. The first-order valence-electron chi connectivity index (χ1n) is 5.88. The maximum atomic E-state index is 5.72. The van der Waals surface area contributed by atoms with Gasteiger partial charge in [-0.3, -0.25) is 0 Å². The molecule has 0 atom stereocenters. The van der Waals surface area contributed by atoms with Gasteiger partial charge in [-0.15, -0.1) is 0 Å². The van der Waals surface area contributed by atoms with Crippen molar-refractivity contribution < 1.29 is 9.47 Å². The van der Waals surface area contributed by atoms with Gasteiger partial charge in [0.15, 0.2) is 0 Å². The quantitative estimate of drug-likeness (QED) is 0.813. The second kappa shape index (κ2) is 6.45. The summed E-state index contributed by atoms with van der Waals surface area (Å²) in [6.07, 6.45) is 0. The summed E-state index contributed by atoms with van der Waals surface area (Å²) in [6, 6.07) is 15.7. The van der Waals surface area contributed by atoms with Crippen LogP contribution in [0.5, 0.6) is 11.5 Å². The van der Waals surface area contributed by atoms with Crippen LogP contribution in [0, 0.1) is 0 Å². The largest absolute Gasteiger partial charge is 0.494 e. The Labute approximate surface area is 116 Å². The molecule has 0 unspecified atom stereocenters. The average Bonchev–Trinajstić information content (AvgIpc) is 2.40. The molecule has 0 bridgehead atoms. The van der Waals surface area contributed by atoms with E-state index in [4.69, 9.17) is 9.47 Å². The zero-order chi connectivity index (χ0) is 12.8. The van der Waals surface area contributed by atoms with E-state index in [0.29, 0.717) is 13.2 Å². The third-order valence-corrected chi connectivity index (χ3v) is 3.26. The topological polar surface area (TPSA) is 18.5 Å². The lowest BCUT2D eigenvalue weighted by Crippen LogP contribution is -1.96. The van der Waals surface area contributed by atoms with Gasteiger partial charge in [0.25, 0.3) is 0 Å². The lowest BCUT2D eigenvalue weighted by atomic mass is 10.2. The summed E-state index contributed by atoms with van der Waals surface area (Å²) in [6.45, 7) is 3.20. The van der Waals surface area contributed by atoms with Gasteiger partial charge in [-0.25, -0.2) is 0 Å². The zero-order valence-corrected chi connectivity index (χ0v) is 11.8. The minimum atomic E-state index is 0.551. The Morgan fingerprint density at radius 1 is 0.889 bits per heavy atom. The van der Waals surface area contributed by atoms with Crippen molar-refractivity contribution in [3.63, 3.8) is 0 Å². The van der Waals surface area contributed by atoms with E-state index in [9.17, 15) is 0 Å². The van der Waals surface area contributed by atoms with Crippen molar-refractivity contribution in [2.75, 3.05) is 6.61 Å². The minimum Gasteiger partial charge on any atom is -0.494 e. The van der Waals surface area contributed by atoms with E-state index in [1.54, 1.807) is 0 Å². The molecule has 0 saturated carbocycles. The summed E-state index contributed by atoms with van der Waals surface area (Å²) >= 11 is 3.50. The van der Waals surface area contributed by atoms with Crippen molar-refractivity contribution in [2.45, 2.75) is 13.5 Å². The third kappa shape index (κ3) is 3.50. The Balaban J connectivity index is 1.96. The van der Waals surface area contributed by atoms with Crippen molar-refractivity contribution in [3.05, 3.63) is 58.6 Å². The van der Waals surface area contributed by atoms with Crippen LogP contribution in [-0.2, 0) is 6.61 Å². The van der Waals surface area contributed by atoms with Crippen molar-refractivity contribution in [2.24, 2.45) is 0 Å². The number of hydrogen-bond acceptors (Lipinski definition) is 2. The first kappa shape index (κ1) is 13.0. The molecule has 2 aromatic carbocycles. The van der Waals surface area contributed by atoms with Crippen molar-refractivity contribution in [1.82, 2.24) is 0 Å². The van der Waals surface area contributed by atoms with Gasteiger partial charge in [-0.1, -0.05) is 34.1 Å². The van der Waals surface area contributed by atoms with E-state index >= 15 is 0 Å². The highest BCUT2D eigenvalue weighted by atomic mass is 79.9. The lowest BCUT2D eigenvalue weighted by molar-refractivity contribution is 0.303. The molecule has 0 aliphatic heterocycles. The average molecular weight is 307 g/mol. The van der Waals surface area contributed by atoms with Crippen LogP contribution in [0.25, 0.3) is 0 Å². The number of halogens is 1. The maximum Gasteiger partial charge on any atom is 0.120 e. The van der Waals surface area contributed by atoms with E-state index in [1.807, 2.05) is 55.5 Å². The van der Waals surface area contributed by atoms with E-state index < -0.39 is 0 Å². The molecule has 0 radical (unpaired) electrons. The van der Waals surface area contributed by atoms with E-state index in [2.05, 4.69) is 15.9 Å². The van der Waals surface area contributed by atoms with Crippen molar-refractivity contribution in [3.8, 4) is 11.5 Å². The summed E-state index contributed by atoms with van der Waals surface area (Å²) in [5, 5.41) is 0. The van der Waals surface area contributed by atoms with Crippen LogP contribution in [-0.4, -0.2) is 6.61 Å².